The van der Waals surface area contributed by atoms with Crippen molar-refractivity contribution >= 4 is 5.97 Å². The standard InChI is InChI=1S/C18H27F2NO3/c1-5-23-17(22)9-18(3,4)21-12-14-6-7-16(13(2)8-14)24-15(10-19)11-20/h6-8,15,21H,5,9-12H2,1-4H3. The first-order valence-corrected chi connectivity index (χ1v) is 8.10. The summed E-state index contributed by atoms with van der Waals surface area (Å²) < 4.78 is 35.4. The fourth-order valence-electron chi connectivity index (χ4n) is 2.21. The van der Waals surface area contributed by atoms with Gasteiger partial charge in [-0.05, 0) is 44.9 Å². The van der Waals surface area contributed by atoms with E-state index in [0.717, 1.165) is 11.1 Å². The van der Waals surface area contributed by atoms with Crippen molar-refractivity contribution < 1.29 is 23.0 Å². The Kier molecular flexibility index (Phi) is 8.11. The number of esters is 1. The van der Waals surface area contributed by atoms with Crippen LogP contribution in [0.4, 0.5) is 8.78 Å². The van der Waals surface area contributed by atoms with Gasteiger partial charge in [0, 0.05) is 12.1 Å². The van der Waals surface area contributed by atoms with Crippen molar-refractivity contribution in [1.29, 1.82) is 0 Å². The van der Waals surface area contributed by atoms with Gasteiger partial charge in [-0.1, -0.05) is 12.1 Å². The number of hydrogen-bond donors (Lipinski definition) is 1. The van der Waals surface area contributed by atoms with Gasteiger partial charge in [0.25, 0.3) is 0 Å². The zero-order valence-electron chi connectivity index (χ0n) is 14.8. The van der Waals surface area contributed by atoms with Gasteiger partial charge >= 0.3 is 5.97 Å². The summed E-state index contributed by atoms with van der Waals surface area (Å²) in [7, 11) is 0. The van der Waals surface area contributed by atoms with Crippen LogP contribution in [0.15, 0.2) is 18.2 Å². The average Bonchev–Trinajstić information content (AvgIpc) is 2.52. The maximum Gasteiger partial charge on any atom is 0.307 e. The highest BCUT2D eigenvalue weighted by atomic mass is 19.1. The molecule has 0 saturated carbocycles. The second-order valence-corrected chi connectivity index (χ2v) is 6.37. The number of alkyl halides is 2. The van der Waals surface area contributed by atoms with E-state index in [-0.39, 0.29) is 12.4 Å². The largest absolute Gasteiger partial charge is 0.485 e. The van der Waals surface area contributed by atoms with Crippen LogP contribution in [0.1, 0.15) is 38.3 Å². The Labute approximate surface area is 142 Å². The lowest BCUT2D eigenvalue weighted by molar-refractivity contribution is -0.144. The van der Waals surface area contributed by atoms with E-state index in [1.165, 1.54) is 0 Å². The Morgan fingerprint density at radius 3 is 2.50 bits per heavy atom. The van der Waals surface area contributed by atoms with Crippen LogP contribution < -0.4 is 10.1 Å². The molecule has 6 heteroatoms. The molecule has 1 rings (SSSR count). The first-order valence-electron chi connectivity index (χ1n) is 8.10. The lowest BCUT2D eigenvalue weighted by Crippen LogP contribution is -2.41. The third-order valence-electron chi connectivity index (χ3n) is 3.54. The second-order valence-electron chi connectivity index (χ2n) is 6.37. The molecule has 1 N–H and O–H groups in total. The highest BCUT2D eigenvalue weighted by Gasteiger charge is 2.22. The van der Waals surface area contributed by atoms with Crippen molar-refractivity contribution in [2.24, 2.45) is 0 Å². The fraction of sp³-hybridized carbons (Fsp3) is 0.611. The summed E-state index contributed by atoms with van der Waals surface area (Å²) in [5, 5.41) is 3.31. The lowest BCUT2D eigenvalue weighted by Gasteiger charge is -2.25. The molecule has 136 valence electrons. The molecule has 0 fully saturated rings. The van der Waals surface area contributed by atoms with Crippen LogP contribution in [-0.4, -0.2) is 37.6 Å². The van der Waals surface area contributed by atoms with Gasteiger partial charge in [-0.25, -0.2) is 8.78 Å². The summed E-state index contributed by atoms with van der Waals surface area (Å²) >= 11 is 0. The molecule has 0 aliphatic rings. The van der Waals surface area contributed by atoms with Gasteiger partial charge in [-0.2, -0.15) is 0 Å². The molecule has 0 aliphatic carbocycles. The average molecular weight is 343 g/mol. The zero-order valence-corrected chi connectivity index (χ0v) is 14.8. The quantitative estimate of drug-likeness (QED) is 0.661. The Hall–Kier alpha value is -1.69. The zero-order chi connectivity index (χ0) is 18.2. The van der Waals surface area contributed by atoms with Gasteiger partial charge in [0.05, 0.1) is 13.0 Å². The second kappa shape index (κ2) is 9.57. The fourth-order valence-corrected chi connectivity index (χ4v) is 2.21. The normalized spacial score (nSPS) is 11.6. The molecule has 0 unspecified atom stereocenters. The minimum absolute atomic E-state index is 0.238. The monoisotopic (exact) mass is 343 g/mol. The SMILES string of the molecule is CCOC(=O)CC(C)(C)NCc1ccc(OC(CF)CF)c(C)c1. The van der Waals surface area contributed by atoms with Crippen LogP contribution in [0.25, 0.3) is 0 Å². The van der Waals surface area contributed by atoms with Crippen molar-refractivity contribution in [3.8, 4) is 5.75 Å². The number of benzene rings is 1. The highest BCUT2D eigenvalue weighted by molar-refractivity contribution is 5.70. The molecule has 0 aromatic heterocycles. The minimum Gasteiger partial charge on any atom is -0.485 e. The van der Waals surface area contributed by atoms with E-state index in [4.69, 9.17) is 9.47 Å². The molecule has 0 radical (unpaired) electrons. The van der Waals surface area contributed by atoms with Gasteiger partial charge in [-0.3, -0.25) is 4.79 Å². The van der Waals surface area contributed by atoms with Crippen LogP contribution in [0.5, 0.6) is 5.75 Å². The number of rotatable bonds is 10. The smallest absolute Gasteiger partial charge is 0.307 e. The summed E-state index contributed by atoms with van der Waals surface area (Å²) in [6, 6.07) is 5.45. The number of halogens is 2. The van der Waals surface area contributed by atoms with E-state index in [2.05, 4.69) is 5.32 Å². The molecule has 1 aromatic carbocycles. The Morgan fingerprint density at radius 1 is 1.29 bits per heavy atom. The molecule has 1 aromatic rings. The van der Waals surface area contributed by atoms with E-state index in [9.17, 15) is 13.6 Å². The summed E-state index contributed by atoms with van der Waals surface area (Å²) in [4.78, 5) is 11.6. The molecule has 0 saturated heterocycles. The highest BCUT2D eigenvalue weighted by Crippen LogP contribution is 2.21. The van der Waals surface area contributed by atoms with Gasteiger partial charge < -0.3 is 14.8 Å². The maximum absolute atomic E-state index is 12.6. The Morgan fingerprint density at radius 2 is 1.96 bits per heavy atom. The van der Waals surface area contributed by atoms with Crippen LogP contribution in [0, 0.1) is 6.92 Å². The molecule has 0 heterocycles. The first kappa shape index (κ1) is 20.4. The summed E-state index contributed by atoms with van der Waals surface area (Å²) in [6.45, 7) is 6.68. The summed E-state index contributed by atoms with van der Waals surface area (Å²) in [5.74, 6) is 0.239. The van der Waals surface area contributed by atoms with Crippen molar-refractivity contribution in [2.75, 3.05) is 20.0 Å². The third-order valence-corrected chi connectivity index (χ3v) is 3.54. The van der Waals surface area contributed by atoms with E-state index in [0.29, 0.717) is 18.9 Å². The number of carbonyl (C=O) groups is 1. The predicted octanol–water partition coefficient (Wildman–Crippen LogP) is 3.50. The van der Waals surface area contributed by atoms with E-state index >= 15 is 0 Å². The predicted molar refractivity (Wildman–Crippen MR) is 89.7 cm³/mol. The van der Waals surface area contributed by atoms with Crippen molar-refractivity contribution in [1.82, 2.24) is 5.32 Å². The van der Waals surface area contributed by atoms with E-state index < -0.39 is 25.0 Å². The molecule has 0 bridgehead atoms. The van der Waals surface area contributed by atoms with Gasteiger partial charge in [0.15, 0.2) is 6.10 Å². The van der Waals surface area contributed by atoms with Crippen LogP contribution in [0.2, 0.25) is 0 Å². The number of carbonyl (C=O) groups excluding carboxylic acids is 1. The van der Waals surface area contributed by atoms with Crippen LogP contribution in [0.3, 0.4) is 0 Å². The molecular weight excluding hydrogens is 316 g/mol. The van der Waals surface area contributed by atoms with E-state index in [1.807, 2.05) is 32.9 Å². The van der Waals surface area contributed by atoms with Gasteiger partial charge in [-0.15, -0.1) is 0 Å². The summed E-state index contributed by atoms with van der Waals surface area (Å²) in [6.07, 6.45) is -0.786. The molecule has 0 atom stereocenters. The van der Waals surface area contributed by atoms with Crippen molar-refractivity contribution in [2.45, 2.75) is 52.3 Å². The molecule has 0 aliphatic heterocycles. The Bertz CT molecular complexity index is 531. The van der Waals surface area contributed by atoms with Crippen molar-refractivity contribution in [3.05, 3.63) is 29.3 Å². The summed E-state index contributed by atoms with van der Waals surface area (Å²) in [5.41, 5.74) is 1.40. The van der Waals surface area contributed by atoms with E-state index in [1.54, 1.807) is 13.0 Å². The molecule has 0 amide bonds. The number of aryl methyl sites for hydroxylation is 1. The molecular formula is C18H27F2NO3. The first-order chi connectivity index (χ1) is 11.3. The maximum atomic E-state index is 12.6. The van der Waals surface area contributed by atoms with Gasteiger partial charge in [0.1, 0.15) is 19.1 Å². The Balaban J connectivity index is 2.63. The number of ether oxygens (including phenoxy) is 2. The minimum atomic E-state index is -1.06. The lowest BCUT2D eigenvalue weighted by atomic mass is 10.00. The van der Waals surface area contributed by atoms with Crippen LogP contribution >= 0.6 is 0 Å². The number of nitrogens with one attached hydrogen (secondary N) is 1. The molecule has 4 nitrogen and oxygen atoms in total. The van der Waals surface area contributed by atoms with Gasteiger partial charge in [0.2, 0.25) is 0 Å². The molecule has 24 heavy (non-hydrogen) atoms. The topological polar surface area (TPSA) is 47.6 Å². The van der Waals surface area contributed by atoms with Crippen molar-refractivity contribution in [3.63, 3.8) is 0 Å². The number of hydrogen-bond acceptors (Lipinski definition) is 4. The third kappa shape index (κ3) is 6.83. The van der Waals surface area contributed by atoms with Crippen LogP contribution in [-0.2, 0) is 16.1 Å². The molecule has 0 spiro atoms.